The van der Waals surface area contributed by atoms with Crippen LogP contribution in [-0.4, -0.2) is 17.2 Å². The number of carbonyl (C=O) groups excluding carboxylic acids is 1. The van der Waals surface area contributed by atoms with Gasteiger partial charge in [-0.1, -0.05) is 12.8 Å². The SMILES string of the molecule is O=C([O-])[C@H]1CCCC[C@@H]1O. The molecule has 0 aromatic carbocycles. The zero-order valence-electron chi connectivity index (χ0n) is 5.75. The zero-order chi connectivity index (χ0) is 7.56. The van der Waals surface area contributed by atoms with E-state index < -0.39 is 18.0 Å². The van der Waals surface area contributed by atoms with Gasteiger partial charge in [-0.25, -0.2) is 0 Å². The Morgan fingerprint density at radius 2 is 2.00 bits per heavy atom. The van der Waals surface area contributed by atoms with Gasteiger partial charge < -0.3 is 15.0 Å². The van der Waals surface area contributed by atoms with Crippen LogP contribution in [-0.2, 0) is 4.79 Å². The summed E-state index contributed by atoms with van der Waals surface area (Å²) in [4.78, 5) is 10.3. The number of carbonyl (C=O) groups is 1. The minimum Gasteiger partial charge on any atom is -0.550 e. The Morgan fingerprint density at radius 1 is 1.40 bits per heavy atom. The summed E-state index contributed by atoms with van der Waals surface area (Å²) in [6, 6.07) is 0. The van der Waals surface area contributed by atoms with E-state index >= 15 is 0 Å². The molecular weight excluding hydrogens is 132 g/mol. The Kier molecular flexibility index (Phi) is 2.27. The molecule has 0 heterocycles. The fourth-order valence-corrected chi connectivity index (χ4v) is 1.39. The molecule has 1 rings (SSSR count). The Labute approximate surface area is 59.7 Å². The van der Waals surface area contributed by atoms with Gasteiger partial charge in [-0.3, -0.25) is 0 Å². The first-order chi connectivity index (χ1) is 4.72. The van der Waals surface area contributed by atoms with Gasteiger partial charge in [0.2, 0.25) is 0 Å². The normalized spacial score (nSPS) is 33.7. The van der Waals surface area contributed by atoms with E-state index in [4.69, 9.17) is 5.11 Å². The largest absolute Gasteiger partial charge is 0.550 e. The van der Waals surface area contributed by atoms with Gasteiger partial charge in [0.25, 0.3) is 0 Å². The number of hydrogen-bond acceptors (Lipinski definition) is 3. The van der Waals surface area contributed by atoms with Crippen molar-refractivity contribution in [1.29, 1.82) is 0 Å². The van der Waals surface area contributed by atoms with Crippen molar-refractivity contribution >= 4 is 5.97 Å². The van der Waals surface area contributed by atoms with Crippen LogP contribution < -0.4 is 5.11 Å². The van der Waals surface area contributed by atoms with Gasteiger partial charge in [-0.15, -0.1) is 0 Å². The predicted octanol–water partition coefficient (Wildman–Crippen LogP) is -0.713. The molecule has 10 heavy (non-hydrogen) atoms. The van der Waals surface area contributed by atoms with E-state index in [1.807, 2.05) is 0 Å². The summed E-state index contributed by atoms with van der Waals surface area (Å²) in [5, 5.41) is 19.4. The van der Waals surface area contributed by atoms with Crippen molar-refractivity contribution in [3.63, 3.8) is 0 Å². The highest BCUT2D eigenvalue weighted by Crippen LogP contribution is 2.23. The third-order valence-corrected chi connectivity index (χ3v) is 2.03. The van der Waals surface area contributed by atoms with Gasteiger partial charge in [0, 0.05) is 11.9 Å². The van der Waals surface area contributed by atoms with Crippen LogP contribution in [0.3, 0.4) is 0 Å². The number of hydrogen-bond donors (Lipinski definition) is 1. The van der Waals surface area contributed by atoms with Crippen molar-refractivity contribution in [3.8, 4) is 0 Å². The first-order valence-electron chi connectivity index (χ1n) is 3.60. The lowest BCUT2D eigenvalue weighted by molar-refractivity contribution is -0.315. The van der Waals surface area contributed by atoms with E-state index in [2.05, 4.69) is 0 Å². The maximum Gasteiger partial charge on any atom is 0.0620 e. The van der Waals surface area contributed by atoms with Gasteiger partial charge in [-0.05, 0) is 12.8 Å². The van der Waals surface area contributed by atoms with Gasteiger partial charge in [0.15, 0.2) is 0 Å². The molecule has 2 atom stereocenters. The molecule has 0 aromatic rings. The van der Waals surface area contributed by atoms with Crippen LogP contribution in [0, 0.1) is 5.92 Å². The number of aliphatic hydroxyl groups is 1. The Morgan fingerprint density at radius 3 is 2.40 bits per heavy atom. The molecule has 0 saturated heterocycles. The molecule has 58 valence electrons. The summed E-state index contributed by atoms with van der Waals surface area (Å²) in [5.41, 5.74) is 0. The highest BCUT2D eigenvalue weighted by molar-refractivity contribution is 5.68. The van der Waals surface area contributed by atoms with Gasteiger partial charge in [0.1, 0.15) is 0 Å². The van der Waals surface area contributed by atoms with Crippen molar-refractivity contribution in [2.75, 3.05) is 0 Å². The molecule has 1 fully saturated rings. The van der Waals surface area contributed by atoms with Crippen molar-refractivity contribution in [3.05, 3.63) is 0 Å². The lowest BCUT2D eigenvalue weighted by Gasteiger charge is -2.27. The summed E-state index contributed by atoms with van der Waals surface area (Å²) in [5.74, 6) is -1.72. The van der Waals surface area contributed by atoms with Crippen molar-refractivity contribution < 1.29 is 15.0 Å². The van der Waals surface area contributed by atoms with Crippen LogP contribution in [0.4, 0.5) is 0 Å². The lowest BCUT2D eigenvalue weighted by Crippen LogP contribution is -2.40. The molecule has 1 aliphatic rings. The number of carboxylic acid groups (broad SMARTS) is 1. The van der Waals surface area contributed by atoms with E-state index in [-0.39, 0.29) is 0 Å². The molecule has 0 bridgehead atoms. The fourth-order valence-electron chi connectivity index (χ4n) is 1.39. The van der Waals surface area contributed by atoms with Crippen LogP contribution in [0.5, 0.6) is 0 Å². The summed E-state index contributed by atoms with van der Waals surface area (Å²) in [7, 11) is 0. The number of aliphatic hydroxyl groups excluding tert-OH is 1. The molecular formula is C7H11O3-. The number of carboxylic acids is 1. The fraction of sp³-hybridized carbons (Fsp3) is 0.857. The molecule has 1 saturated carbocycles. The Bertz CT molecular complexity index is 133. The molecule has 3 heteroatoms. The molecule has 0 amide bonds. The average Bonchev–Trinajstić information content (AvgIpc) is 1.88. The lowest BCUT2D eigenvalue weighted by atomic mass is 9.87. The zero-order valence-corrected chi connectivity index (χ0v) is 5.75. The topological polar surface area (TPSA) is 60.4 Å². The quantitative estimate of drug-likeness (QED) is 0.527. The summed E-state index contributed by atoms with van der Waals surface area (Å²) >= 11 is 0. The third kappa shape index (κ3) is 1.48. The second-order valence-electron chi connectivity index (χ2n) is 2.78. The molecule has 0 aromatic heterocycles. The number of aliphatic carboxylic acids is 1. The first-order valence-corrected chi connectivity index (χ1v) is 3.60. The standard InChI is InChI=1S/C7H12O3/c8-6-4-2-1-3-5(6)7(9)10/h5-6,8H,1-4H2,(H,9,10)/p-1/t5-,6-/m0/s1. The van der Waals surface area contributed by atoms with E-state index in [1.165, 1.54) is 0 Å². The van der Waals surface area contributed by atoms with Crippen molar-refractivity contribution in [2.24, 2.45) is 5.92 Å². The average molecular weight is 143 g/mol. The van der Waals surface area contributed by atoms with Gasteiger partial charge >= 0.3 is 0 Å². The van der Waals surface area contributed by atoms with Crippen LogP contribution >= 0.6 is 0 Å². The van der Waals surface area contributed by atoms with Crippen LogP contribution in [0.2, 0.25) is 0 Å². The minimum absolute atomic E-state index is 0.573. The Hall–Kier alpha value is -0.570. The molecule has 0 radical (unpaired) electrons. The first kappa shape index (κ1) is 7.54. The van der Waals surface area contributed by atoms with Crippen molar-refractivity contribution in [2.45, 2.75) is 31.8 Å². The second-order valence-corrected chi connectivity index (χ2v) is 2.78. The summed E-state index contributed by atoms with van der Waals surface area (Å²) in [6.07, 6.45) is 2.35. The monoisotopic (exact) mass is 143 g/mol. The van der Waals surface area contributed by atoms with Crippen LogP contribution in [0.15, 0.2) is 0 Å². The molecule has 0 unspecified atom stereocenters. The summed E-state index contributed by atoms with van der Waals surface area (Å²) < 4.78 is 0. The van der Waals surface area contributed by atoms with E-state index in [0.29, 0.717) is 12.8 Å². The molecule has 0 spiro atoms. The third-order valence-electron chi connectivity index (χ3n) is 2.03. The van der Waals surface area contributed by atoms with Gasteiger partial charge in [-0.2, -0.15) is 0 Å². The van der Waals surface area contributed by atoms with Gasteiger partial charge in [0.05, 0.1) is 6.10 Å². The smallest absolute Gasteiger partial charge is 0.0620 e. The highest BCUT2D eigenvalue weighted by atomic mass is 16.4. The minimum atomic E-state index is -1.10. The second kappa shape index (κ2) is 3.01. The molecule has 1 aliphatic carbocycles. The molecule has 3 nitrogen and oxygen atoms in total. The van der Waals surface area contributed by atoms with Crippen LogP contribution in [0.25, 0.3) is 0 Å². The van der Waals surface area contributed by atoms with E-state index in [9.17, 15) is 9.90 Å². The molecule has 0 aliphatic heterocycles. The molecule has 1 N–H and O–H groups in total. The van der Waals surface area contributed by atoms with Crippen LogP contribution in [0.1, 0.15) is 25.7 Å². The maximum absolute atomic E-state index is 10.3. The maximum atomic E-state index is 10.3. The highest BCUT2D eigenvalue weighted by Gasteiger charge is 2.23. The Balaban J connectivity index is 2.47. The van der Waals surface area contributed by atoms with Crippen molar-refractivity contribution in [1.82, 2.24) is 0 Å². The van der Waals surface area contributed by atoms with E-state index in [0.717, 1.165) is 12.8 Å². The number of rotatable bonds is 1. The predicted molar refractivity (Wildman–Crippen MR) is 33.0 cm³/mol. The summed E-state index contributed by atoms with van der Waals surface area (Å²) in [6.45, 7) is 0. The van der Waals surface area contributed by atoms with E-state index in [1.54, 1.807) is 0 Å².